The topological polar surface area (TPSA) is 29.5 Å². The Bertz CT molecular complexity index is 108. The lowest BCUT2D eigenvalue weighted by Crippen LogP contribution is -2.20. The van der Waals surface area contributed by atoms with Gasteiger partial charge in [-0.05, 0) is 26.7 Å². The molecule has 1 N–H and O–H groups in total. The third kappa shape index (κ3) is 2.15. The Hall–Kier alpha value is 0.270. The fraction of sp³-hybridized carbons (Fsp3) is 1.00. The van der Waals surface area contributed by atoms with Crippen LogP contribution in [0, 0.1) is 0 Å². The molecule has 0 aromatic carbocycles. The maximum Gasteiger partial charge on any atom is 0.113 e. The van der Waals surface area contributed by atoms with Crippen molar-refractivity contribution in [2.45, 2.75) is 37.1 Å². The zero-order valence-electron chi connectivity index (χ0n) is 6.46. The van der Waals surface area contributed by atoms with Crippen molar-refractivity contribution in [2.24, 2.45) is 0 Å². The van der Waals surface area contributed by atoms with Gasteiger partial charge in [0.25, 0.3) is 0 Å². The van der Waals surface area contributed by atoms with Gasteiger partial charge in [-0.15, -0.1) is 0 Å². The van der Waals surface area contributed by atoms with Crippen molar-refractivity contribution in [3.05, 3.63) is 0 Å². The Labute approximate surface area is 66.0 Å². The van der Waals surface area contributed by atoms with E-state index < -0.39 is 0 Å². The van der Waals surface area contributed by atoms with Crippen LogP contribution in [0.4, 0.5) is 0 Å². The number of thioether (sulfide) groups is 1. The molecular weight excluding hydrogens is 148 g/mol. The van der Waals surface area contributed by atoms with Crippen LogP contribution in [0.1, 0.15) is 26.7 Å². The van der Waals surface area contributed by atoms with E-state index in [0.717, 1.165) is 19.4 Å². The van der Waals surface area contributed by atoms with Gasteiger partial charge < -0.3 is 9.84 Å². The smallest absolute Gasteiger partial charge is 0.113 e. The average Bonchev–Trinajstić information content (AvgIpc) is 2.12. The molecule has 1 rings (SSSR count). The van der Waals surface area contributed by atoms with E-state index in [2.05, 4.69) is 0 Å². The minimum Gasteiger partial charge on any atom is -0.383 e. The molecule has 1 aliphatic heterocycles. The summed E-state index contributed by atoms with van der Waals surface area (Å²) in [6.45, 7) is 4.66. The van der Waals surface area contributed by atoms with Crippen molar-refractivity contribution in [1.29, 1.82) is 0 Å². The van der Waals surface area contributed by atoms with Gasteiger partial charge in [-0.1, -0.05) is 11.8 Å². The lowest BCUT2D eigenvalue weighted by molar-refractivity contribution is 0.0938. The van der Waals surface area contributed by atoms with Gasteiger partial charge in [0.1, 0.15) is 4.93 Å². The molecule has 1 saturated heterocycles. The van der Waals surface area contributed by atoms with Gasteiger partial charge in [0.15, 0.2) is 0 Å². The second-order valence-corrected chi connectivity index (χ2v) is 4.58. The first-order valence-electron chi connectivity index (χ1n) is 3.62. The van der Waals surface area contributed by atoms with Crippen molar-refractivity contribution in [2.75, 3.05) is 6.61 Å². The second kappa shape index (κ2) is 3.11. The Morgan fingerprint density at radius 2 is 2.40 bits per heavy atom. The highest BCUT2D eigenvalue weighted by Gasteiger charge is 2.31. The van der Waals surface area contributed by atoms with Crippen LogP contribution in [0.15, 0.2) is 0 Å². The van der Waals surface area contributed by atoms with Crippen LogP contribution in [0.3, 0.4) is 0 Å². The summed E-state index contributed by atoms with van der Waals surface area (Å²) in [5.74, 6) is 0. The molecule has 60 valence electrons. The quantitative estimate of drug-likeness (QED) is 0.625. The summed E-state index contributed by atoms with van der Waals surface area (Å²) in [5.41, 5.74) is -0.317. The van der Waals surface area contributed by atoms with E-state index in [4.69, 9.17) is 9.84 Å². The van der Waals surface area contributed by atoms with Crippen molar-refractivity contribution in [3.8, 4) is 0 Å². The zero-order chi connectivity index (χ0) is 7.61. The van der Waals surface area contributed by atoms with Gasteiger partial charge in [0, 0.05) is 6.61 Å². The Morgan fingerprint density at radius 3 is 2.80 bits per heavy atom. The predicted molar refractivity (Wildman–Crippen MR) is 42.9 cm³/mol. The van der Waals surface area contributed by atoms with Crippen LogP contribution in [0.2, 0.25) is 0 Å². The van der Waals surface area contributed by atoms with E-state index in [1.165, 1.54) is 11.8 Å². The standard InChI is InChI=1S/C7H14O2S/c1-6(8)10-7(2)4-3-5-9-7/h6,8H,3-5H2,1-2H3. The highest BCUT2D eigenvalue weighted by atomic mass is 32.2. The van der Waals surface area contributed by atoms with E-state index >= 15 is 0 Å². The number of aliphatic hydroxyl groups excluding tert-OH is 1. The fourth-order valence-corrected chi connectivity index (χ4v) is 2.34. The second-order valence-electron chi connectivity index (χ2n) is 2.80. The Morgan fingerprint density at radius 1 is 1.70 bits per heavy atom. The first-order valence-corrected chi connectivity index (χ1v) is 4.50. The van der Waals surface area contributed by atoms with Gasteiger partial charge in [0.05, 0.1) is 5.44 Å². The summed E-state index contributed by atoms with van der Waals surface area (Å²) in [6, 6.07) is 0. The third-order valence-corrected chi connectivity index (χ3v) is 2.76. The minimum absolute atomic E-state index is 0.117. The highest BCUT2D eigenvalue weighted by Crippen LogP contribution is 2.37. The number of hydrogen-bond donors (Lipinski definition) is 1. The summed E-state index contributed by atoms with van der Waals surface area (Å²) in [6.07, 6.45) is 2.18. The molecule has 10 heavy (non-hydrogen) atoms. The normalized spacial score (nSPS) is 36.3. The van der Waals surface area contributed by atoms with Crippen LogP contribution in [-0.4, -0.2) is 22.1 Å². The van der Waals surface area contributed by atoms with E-state index in [0.29, 0.717) is 0 Å². The fourth-order valence-electron chi connectivity index (χ4n) is 1.21. The van der Waals surface area contributed by atoms with Gasteiger partial charge in [-0.3, -0.25) is 0 Å². The van der Waals surface area contributed by atoms with E-state index in [-0.39, 0.29) is 10.4 Å². The first-order chi connectivity index (χ1) is 4.62. The Kier molecular flexibility index (Phi) is 2.61. The highest BCUT2D eigenvalue weighted by molar-refractivity contribution is 8.00. The Balaban J connectivity index is 2.36. The monoisotopic (exact) mass is 162 g/mol. The lowest BCUT2D eigenvalue weighted by atomic mass is 10.3. The maximum absolute atomic E-state index is 9.06. The molecule has 3 heteroatoms. The number of aliphatic hydroxyl groups is 1. The first kappa shape index (κ1) is 8.37. The molecule has 0 amide bonds. The summed E-state index contributed by atoms with van der Waals surface area (Å²) in [7, 11) is 0. The van der Waals surface area contributed by atoms with Crippen LogP contribution in [0.25, 0.3) is 0 Å². The zero-order valence-corrected chi connectivity index (χ0v) is 7.28. The average molecular weight is 162 g/mol. The molecule has 2 atom stereocenters. The van der Waals surface area contributed by atoms with Gasteiger partial charge in [0.2, 0.25) is 0 Å². The molecule has 0 aromatic rings. The summed E-state index contributed by atoms with van der Waals surface area (Å²) < 4.78 is 5.45. The van der Waals surface area contributed by atoms with Crippen LogP contribution in [-0.2, 0) is 4.74 Å². The van der Waals surface area contributed by atoms with E-state index in [9.17, 15) is 0 Å². The van der Waals surface area contributed by atoms with Crippen LogP contribution in [0.5, 0.6) is 0 Å². The molecule has 2 unspecified atom stereocenters. The lowest BCUT2D eigenvalue weighted by Gasteiger charge is -2.23. The molecule has 1 aliphatic rings. The van der Waals surface area contributed by atoms with Crippen molar-refractivity contribution in [1.82, 2.24) is 0 Å². The molecule has 0 aliphatic carbocycles. The SMILES string of the molecule is CC(O)SC1(C)CCCO1. The van der Waals surface area contributed by atoms with Gasteiger partial charge in [-0.2, -0.15) is 0 Å². The number of hydrogen-bond acceptors (Lipinski definition) is 3. The largest absolute Gasteiger partial charge is 0.383 e. The minimum atomic E-state index is -0.317. The summed E-state index contributed by atoms with van der Waals surface area (Å²) in [4.78, 5) is -0.117. The molecular formula is C7H14O2S. The molecule has 0 bridgehead atoms. The molecule has 1 fully saturated rings. The molecule has 0 saturated carbocycles. The van der Waals surface area contributed by atoms with Crippen molar-refractivity contribution >= 4 is 11.8 Å². The van der Waals surface area contributed by atoms with Gasteiger partial charge in [-0.25, -0.2) is 0 Å². The van der Waals surface area contributed by atoms with E-state index in [1.807, 2.05) is 6.92 Å². The van der Waals surface area contributed by atoms with E-state index in [1.54, 1.807) is 6.92 Å². The van der Waals surface area contributed by atoms with Crippen molar-refractivity contribution < 1.29 is 9.84 Å². The molecule has 0 aromatic heterocycles. The van der Waals surface area contributed by atoms with Crippen LogP contribution < -0.4 is 0 Å². The third-order valence-electron chi connectivity index (χ3n) is 1.60. The summed E-state index contributed by atoms with van der Waals surface area (Å²) >= 11 is 1.50. The molecule has 1 heterocycles. The van der Waals surface area contributed by atoms with Crippen LogP contribution >= 0.6 is 11.8 Å². The summed E-state index contributed by atoms with van der Waals surface area (Å²) in [5, 5.41) is 9.06. The van der Waals surface area contributed by atoms with Crippen molar-refractivity contribution in [3.63, 3.8) is 0 Å². The molecule has 2 nitrogen and oxygen atoms in total. The molecule has 0 radical (unpaired) electrons. The van der Waals surface area contributed by atoms with Gasteiger partial charge >= 0.3 is 0 Å². The number of rotatable bonds is 2. The number of ether oxygens (including phenoxy) is 1. The predicted octanol–water partition coefficient (Wildman–Crippen LogP) is 1.58. The maximum atomic E-state index is 9.06. The molecule has 0 spiro atoms.